The first-order valence-corrected chi connectivity index (χ1v) is 19.7. The molecule has 4 nitrogen and oxygen atoms in total. The maximum atomic E-state index is 5.60. The molecule has 4 aromatic carbocycles. The number of rotatable bonds is 4. The van der Waals surface area contributed by atoms with E-state index in [0.717, 1.165) is 108 Å². The van der Waals surface area contributed by atoms with Gasteiger partial charge in [0.25, 0.3) is 0 Å². The van der Waals surface area contributed by atoms with E-state index < -0.39 is 0 Å². The van der Waals surface area contributed by atoms with Crippen LogP contribution in [0.4, 0.5) is 0 Å². The predicted octanol–water partition coefficient (Wildman–Crippen LogP) is 12.6. The fourth-order valence-electron chi connectivity index (χ4n) is 6.79. The van der Waals surface area contributed by atoms with E-state index >= 15 is 0 Å². The number of halogens is 4. The molecule has 5 aliphatic rings. The molecule has 0 amide bonds. The Kier molecular flexibility index (Phi) is 8.79. The summed E-state index contributed by atoms with van der Waals surface area (Å²) in [4.78, 5) is 21.2. The van der Waals surface area contributed by atoms with Gasteiger partial charge >= 0.3 is 0 Å². The Bertz CT molecular complexity index is 2600. The summed E-state index contributed by atoms with van der Waals surface area (Å²) in [6.45, 7) is 0. The maximum absolute atomic E-state index is 5.60. The normalized spacial score (nSPS) is 18.2. The molecule has 4 aromatic rings. The molecule has 0 radical (unpaired) electrons. The minimum absolute atomic E-state index is 0.722. The summed E-state index contributed by atoms with van der Waals surface area (Å²) in [7, 11) is 0. The first-order valence-electron chi connectivity index (χ1n) is 16.5. The van der Waals surface area contributed by atoms with Gasteiger partial charge in [0.2, 0.25) is 0 Å². The maximum Gasteiger partial charge on any atom is 0.0955 e. The lowest BCUT2D eigenvalue weighted by atomic mass is 9.86. The van der Waals surface area contributed by atoms with Crippen LogP contribution in [0.25, 0.3) is 22.3 Å². The van der Waals surface area contributed by atoms with E-state index in [2.05, 4.69) is 167 Å². The van der Waals surface area contributed by atoms with E-state index in [1.165, 1.54) is 0 Å². The summed E-state index contributed by atoms with van der Waals surface area (Å²) in [5.41, 5.74) is 14.3. The van der Waals surface area contributed by atoms with Crippen LogP contribution in [0.15, 0.2) is 206 Å². The van der Waals surface area contributed by atoms with Gasteiger partial charge in [-0.3, -0.25) is 0 Å². The Balaban J connectivity index is 1.47. The largest absolute Gasteiger partial charge is 0.249 e. The van der Waals surface area contributed by atoms with Crippen LogP contribution in [0.2, 0.25) is 0 Å². The number of nitrogens with zero attached hydrogens (tertiary/aromatic N) is 4. The first-order chi connectivity index (χ1) is 25.5. The molecule has 8 bridgehead atoms. The van der Waals surface area contributed by atoms with Crippen molar-refractivity contribution in [1.82, 2.24) is 0 Å². The van der Waals surface area contributed by atoms with Gasteiger partial charge in [-0.25, -0.2) is 20.0 Å². The number of fused-ring (bicyclic) bond motifs is 4. The second kappa shape index (κ2) is 13.7. The van der Waals surface area contributed by atoms with E-state index in [-0.39, 0.29) is 0 Å². The Labute approximate surface area is 334 Å². The first kappa shape index (κ1) is 33.3. The third-order valence-corrected chi connectivity index (χ3v) is 12.7. The van der Waals surface area contributed by atoms with Crippen LogP contribution >= 0.6 is 63.7 Å². The molecule has 0 saturated carbocycles. The van der Waals surface area contributed by atoms with Crippen LogP contribution in [0, 0.1) is 0 Å². The molecule has 8 heteroatoms. The lowest BCUT2D eigenvalue weighted by Gasteiger charge is -2.17. The van der Waals surface area contributed by atoms with Gasteiger partial charge in [0.15, 0.2) is 0 Å². The summed E-state index contributed by atoms with van der Waals surface area (Å²) in [6, 6.07) is 41.9. The van der Waals surface area contributed by atoms with E-state index in [4.69, 9.17) is 20.0 Å². The molecule has 9 rings (SSSR count). The Morgan fingerprint density at radius 2 is 0.904 bits per heavy atom. The molecule has 0 spiro atoms. The standard InChI is InChI=1S/C44H24Br4N4/c45-37-32-24-30-22-21-29(49-30)23-31-33(25-13-5-1-6-14-25)34(26-15-7-2-8-16-26)41(50-31)36(28-19-11-4-12-20-28)42-35(27-17-9-3-10-18-27)38(46)43(52-42)40(48)44(51-32)39(37)47/h1-24H. The van der Waals surface area contributed by atoms with Crippen LogP contribution in [0.3, 0.4) is 0 Å². The van der Waals surface area contributed by atoms with E-state index in [9.17, 15) is 0 Å². The fraction of sp³-hybridized carbons (Fsp3) is 0. The molecule has 5 aliphatic heterocycles. The molecule has 248 valence electrons. The van der Waals surface area contributed by atoms with Gasteiger partial charge < -0.3 is 0 Å². The molecular formula is C44H24Br4N4. The zero-order valence-corrected chi connectivity index (χ0v) is 33.5. The topological polar surface area (TPSA) is 49.4 Å². The quantitative estimate of drug-likeness (QED) is 0.196. The van der Waals surface area contributed by atoms with Crippen molar-refractivity contribution in [3.8, 4) is 0 Å². The van der Waals surface area contributed by atoms with Crippen molar-refractivity contribution in [3.63, 3.8) is 0 Å². The summed E-state index contributed by atoms with van der Waals surface area (Å²) in [5.74, 6) is 0. The second-order valence-electron chi connectivity index (χ2n) is 12.3. The zero-order chi connectivity index (χ0) is 35.3. The summed E-state index contributed by atoms with van der Waals surface area (Å²) in [5, 5.41) is 0. The van der Waals surface area contributed by atoms with Crippen molar-refractivity contribution in [3.05, 3.63) is 209 Å². The Hall–Kier alpha value is -4.60. The molecule has 0 unspecified atom stereocenters. The Morgan fingerprint density at radius 3 is 1.50 bits per heavy atom. The van der Waals surface area contributed by atoms with E-state index in [1.54, 1.807) is 0 Å². The average Bonchev–Trinajstić information content (AvgIpc) is 3.94. The smallest absolute Gasteiger partial charge is 0.0955 e. The minimum atomic E-state index is 0.722. The molecule has 0 fully saturated rings. The average molecular weight is 928 g/mol. The molecule has 0 saturated heterocycles. The van der Waals surface area contributed by atoms with Gasteiger partial charge in [0.05, 0.1) is 63.6 Å². The lowest BCUT2D eigenvalue weighted by Crippen LogP contribution is -2.07. The number of allylic oxidation sites excluding steroid dienone is 12. The fourth-order valence-corrected chi connectivity index (χ4v) is 9.49. The monoisotopic (exact) mass is 924 g/mol. The van der Waals surface area contributed by atoms with Crippen molar-refractivity contribution in [2.24, 2.45) is 20.0 Å². The molecule has 0 aromatic heterocycles. The van der Waals surface area contributed by atoms with Gasteiger partial charge in [0.1, 0.15) is 0 Å². The van der Waals surface area contributed by atoms with Gasteiger partial charge in [-0.05, 0) is 110 Å². The van der Waals surface area contributed by atoms with Crippen molar-refractivity contribution >= 4 is 109 Å². The summed E-state index contributed by atoms with van der Waals surface area (Å²) in [6.07, 6.45) is 8.10. The summed E-state index contributed by atoms with van der Waals surface area (Å²) < 4.78 is 3.24. The number of aliphatic imine (C=N–C) groups is 4. The van der Waals surface area contributed by atoms with Crippen LogP contribution in [0.5, 0.6) is 0 Å². The molecule has 5 heterocycles. The van der Waals surface area contributed by atoms with Gasteiger partial charge in [-0.15, -0.1) is 0 Å². The predicted molar refractivity (Wildman–Crippen MR) is 231 cm³/mol. The van der Waals surface area contributed by atoms with Gasteiger partial charge in [-0.1, -0.05) is 121 Å². The molecule has 52 heavy (non-hydrogen) atoms. The van der Waals surface area contributed by atoms with Gasteiger partial charge in [0, 0.05) is 22.3 Å². The number of hydrogen-bond donors (Lipinski definition) is 0. The van der Waals surface area contributed by atoms with Crippen LogP contribution in [-0.2, 0) is 0 Å². The van der Waals surface area contributed by atoms with Crippen molar-refractivity contribution in [2.75, 3.05) is 0 Å². The highest BCUT2D eigenvalue weighted by Gasteiger charge is 2.36. The van der Waals surface area contributed by atoms with E-state index in [1.807, 2.05) is 42.5 Å². The van der Waals surface area contributed by atoms with Crippen LogP contribution in [-0.4, -0.2) is 22.8 Å². The highest BCUT2D eigenvalue weighted by molar-refractivity contribution is 9.15. The number of benzene rings is 4. The Morgan fingerprint density at radius 1 is 0.365 bits per heavy atom. The second-order valence-corrected chi connectivity index (χ2v) is 15.5. The van der Waals surface area contributed by atoms with Gasteiger partial charge in [-0.2, -0.15) is 0 Å². The van der Waals surface area contributed by atoms with E-state index in [0.29, 0.717) is 0 Å². The molecular weight excluding hydrogens is 904 g/mol. The van der Waals surface area contributed by atoms with Crippen LogP contribution < -0.4 is 0 Å². The third kappa shape index (κ3) is 5.78. The van der Waals surface area contributed by atoms with Crippen molar-refractivity contribution < 1.29 is 0 Å². The zero-order valence-electron chi connectivity index (χ0n) is 27.2. The molecule has 0 aliphatic carbocycles. The lowest BCUT2D eigenvalue weighted by molar-refractivity contribution is 1.40. The molecule has 0 N–H and O–H groups in total. The highest BCUT2D eigenvalue weighted by Crippen LogP contribution is 2.50. The number of hydrogen-bond acceptors (Lipinski definition) is 4. The van der Waals surface area contributed by atoms with Crippen molar-refractivity contribution in [2.45, 2.75) is 0 Å². The van der Waals surface area contributed by atoms with Crippen LogP contribution in [0.1, 0.15) is 22.3 Å². The highest BCUT2D eigenvalue weighted by atomic mass is 79.9. The minimum Gasteiger partial charge on any atom is -0.249 e. The molecule has 0 atom stereocenters. The SMILES string of the molecule is BrC1=C(Br)C2=NC1=CC1=NC(=CC3=NC(=C(c4ccccc4)C4=NC(=C2Br)C(Br)=C4c2ccccc2)C(c2ccccc2)=C3c2ccccc2)C=C1. The van der Waals surface area contributed by atoms with Crippen molar-refractivity contribution in [1.29, 1.82) is 0 Å². The summed E-state index contributed by atoms with van der Waals surface area (Å²) >= 11 is 15.6. The third-order valence-electron chi connectivity index (χ3n) is 9.11.